The van der Waals surface area contributed by atoms with Gasteiger partial charge in [0.15, 0.2) is 11.5 Å². The number of hydroxylamine groups is 2. The van der Waals surface area contributed by atoms with Crippen molar-refractivity contribution >= 4 is 17.6 Å². The van der Waals surface area contributed by atoms with E-state index in [1.165, 1.54) is 17.2 Å². The summed E-state index contributed by atoms with van der Waals surface area (Å²) >= 11 is 0. The summed E-state index contributed by atoms with van der Waals surface area (Å²) in [5.74, 6) is 0.0734. The molecule has 1 heterocycles. The molecule has 1 aromatic rings. The van der Waals surface area contributed by atoms with Crippen LogP contribution in [0.1, 0.15) is 52.5 Å². The molecule has 0 aliphatic carbocycles. The lowest BCUT2D eigenvalue weighted by Crippen LogP contribution is -2.61. The SMILES string of the molecule is C=CCC(=O)C(=O)/C=C/c1ccc(OC)c(OC2CC(C)(C)N(O)C(C)(C)C2)c1. The van der Waals surface area contributed by atoms with E-state index in [1.54, 1.807) is 31.4 Å². The van der Waals surface area contributed by atoms with Crippen molar-refractivity contribution in [3.05, 3.63) is 42.5 Å². The number of rotatable bonds is 8. The predicted molar refractivity (Wildman–Crippen MR) is 112 cm³/mol. The molecule has 0 aromatic heterocycles. The standard InChI is InChI=1S/C23H31NO5/c1-7-8-18(25)19(26)11-9-16-10-12-20(28-6)21(13-16)29-17-14-22(2,3)24(27)23(4,5)15-17/h7,9-13,17,27H,1,8,14-15H2,2-6H3/b11-9+. The van der Waals surface area contributed by atoms with Gasteiger partial charge in [-0.15, -0.1) is 6.58 Å². The summed E-state index contributed by atoms with van der Waals surface area (Å²) in [5, 5.41) is 11.9. The lowest BCUT2D eigenvalue weighted by Gasteiger charge is -2.51. The van der Waals surface area contributed by atoms with Gasteiger partial charge in [-0.1, -0.05) is 18.2 Å². The van der Waals surface area contributed by atoms with Crippen LogP contribution >= 0.6 is 0 Å². The lowest BCUT2D eigenvalue weighted by molar-refractivity contribution is -0.254. The van der Waals surface area contributed by atoms with E-state index in [0.29, 0.717) is 24.3 Å². The Labute approximate surface area is 172 Å². The largest absolute Gasteiger partial charge is 0.493 e. The number of ether oxygens (including phenoxy) is 2. The van der Waals surface area contributed by atoms with E-state index in [1.807, 2.05) is 27.7 Å². The zero-order valence-electron chi connectivity index (χ0n) is 17.9. The molecule has 0 atom stereocenters. The number of carbonyl (C=O) groups is 2. The van der Waals surface area contributed by atoms with E-state index in [4.69, 9.17) is 9.47 Å². The Morgan fingerprint density at radius 1 is 1.21 bits per heavy atom. The van der Waals surface area contributed by atoms with Gasteiger partial charge in [-0.05, 0) is 51.5 Å². The molecule has 0 spiro atoms. The smallest absolute Gasteiger partial charge is 0.221 e. The third-order valence-electron chi connectivity index (χ3n) is 5.11. The van der Waals surface area contributed by atoms with Crippen molar-refractivity contribution in [3.63, 3.8) is 0 Å². The van der Waals surface area contributed by atoms with E-state index in [9.17, 15) is 14.8 Å². The summed E-state index contributed by atoms with van der Waals surface area (Å²) in [7, 11) is 1.57. The second kappa shape index (κ2) is 8.93. The molecule has 1 fully saturated rings. The van der Waals surface area contributed by atoms with Gasteiger partial charge in [0.25, 0.3) is 0 Å². The summed E-state index contributed by atoms with van der Waals surface area (Å²) in [6.07, 6.45) is 5.44. The molecule has 158 valence electrons. The molecule has 1 aromatic carbocycles. The zero-order chi connectivity index (χ0) is 21.8. The Kier molecular flexibility index (Phi) is 7.03. The first-order valence-corrected chi connectivity index (χ1v) is 9.70. The van der Waals surface area contributed by atoms with Gasteiger partial charge in [0.05, 0.1) is 7.11 Å². The van der Waals surface area contributed by atoms with Crippen molar-refractivity contribution < 1.29 is 24.3 Å². The molecule has 1 saturated heterocycles. The van der Waals surface area contributed by atoms with Crippen LogP contribution in [0.15, 0.2) is 36.9 Å². The number of nitrogens with zero attached hydrogens (tertiary/aromatic N) is 1. The van der Waals surface area contributed by atoms with Gasteiger partial charge < -0.3 is 14.7 Å². The number of hydrogen-bond acceptors (Lipinski definition) is 6. The molecule has 0 unspecified atom stereocenters. The lowest BCUT2D eigenvalue weighted by atomic mass is 9.80. The van der Waals surface area contributed by atoms with E-state index < -0.39 is 22.6 Å². The van der Waals surface area contributed by atoms with Crippen molar-refractivity contribution in [2.24, 2.45) is 0 Å². The fourth-order valence-corrected chi connectivity index (χ4v) is 3.83. The normalized spacial score (nSPS) is 19.1. The van der Waals surface area contributed by atoms with Gasteiger partial charge >= 0.3 is 0 Å². The molecule has 1 aliphatic heterocycles. The summed E-state index contributed by atoms with van der Waals surface area (Å²) in [6, 6.07) is 5.34. The second-order valence-electron chi connectivity index (χ2n) is 8.61. The molecule has 0 amide bonds. The van der Waals surface area contributed by atoms with Crippen LogP contribution in [0, 0.1) is 0 Å². The summed E-state index contributed by atoms with van der Waals surface area (Å²) < 4.78 is 11.7. The maximum Gasteiger partial charge on any atom is 0.221 e. The number of piperidine rings is 1. The quantitative estimate of drug-likeness (QED) is 0.399. The Balaban J connectivity index is 2.22. The maximum atomic E-state index is 11.8. The third kappa shape index (κ3) is 5.55. The van der Waals surface area contributed by atoms with Crippen LogP contribution in [-0.4, -0.2) is 46.1 Å². The highest BCUT2D eigenvalue weighted by Crippen LogP contribution is 2.40. The highest BCUT2D eigenvalue weighted by atomic mass is 16.5. The fraction of sp³-hybridized carbons (Fsp3) is 0.478. The minimum Gasteiger partial charge on any atom is -0.493 e. The molecule has 2 rings (SSSR count). The molecular formula is C23H31NO5. The molecule has 1 aliphatic rings. The van der Waals surface area contributed by atoms with Crippen molar-refractivity contribution in [1.29, 1.82) is 0 Å². The average Bonchev–Trinajstić information content (AvgIpc) is 2.64. The molecular weight excluding hydrogens is 370 g/mol. The van der Waals surface area contributed by atoms with Gasteiger partial charge in [0, 0.05) is 30.3 Å². The third-order valence-corrected chi connectivity index (χ3v) is 5.11. The second-order valence-corrected chi connectivity index (χ2v) is 8.61. The summed E-state index contributed by atoms with van der Waals surface area (Å²) in [5.41, 5.74) is -0.150. The Hall–Kier alpha value is -2.44. The van der Waals surface area contributed by atoms with Crippen molar-refractivity contribution in [2.75, 3.05) is 7.11 Å². The summed E-state index contributed by atoms with van der Waals surface area (Å²) in [4.78, 5) is 23.4. The minimum absolute atomic E-state index is 0.0231. The topological polar surface area (TPSA) is 76.1 Å². The van der Waals surface area contributed by atoms with E-state index in [2.05, 4.69) is 6.58 Å². The number of methoxy groups -OCH3 is 1. The Bertz CT molecular complexity index is 791. The van der Waals surface area contributed by atoms with Crippen molar-refractivity contribution in [3.8, 4) is 11.5 Å². The van der Waals surface area contributed by atoms with Crippen LogP contribution in [0.3, 0.4) is 0 Å². The minimum atomic E-state index is -0.568. The van der Waals surface area contributed by atoms with Crippen LogP contribution in [0.25, 0.3) is 6.08 Å². The van der Waals surface area contributed by atoms with Crippen LogP contribution in [0.2, 0.25) is 0 Å². The van der Waals surface area contributed by atoms with Gasteiger partial charge in [-0.25, -0.2) is 0 Å². The van der Waals surface area contributed by atoms with Gasteiger partial charge in [-0.2, -0.15) is 5.06 Å². The molecule has 0 saturated carbocycles. The predicted octanol–water partition coefficient (Wildman–Crippen LogP) is 4.21. The first-order chi connectivity index (χ1) is 13.5. The number of carbonyl (C=O) groups excluding carboxylic acids is 2. The number of benzene rings is 1. The van der Waals surface area contributed by atoms with E-state index in [-0.39, 0.29) is 12.5 Å². The van der Waals surface area contributed by atoms with Crippen LogP contribution in [0.4, 0.5) is 0 Å². The van der Waals surface area contributed by atoms with E-state index in [0.717, 1.165) is 5.56 Å². The van der Waals surface area contributed by atoms with Crippen molar-refractivity contribution in [2.45, 2.75) is 64.1 Å². The monoisotopic (exact) mass is 401 g/mol. The molecule has 29 heavy (non-hydrogen) atoms. The Morgan fingerprint density at radius 3 is 2.38 bits per heavy atom. The van der Waals surface area contributed by atoms with Crippen LogP contribution in [-0.2, 0) is 9.59 Å². The maximum absolute atomic E-state index is 11.8. The highest BCUT2D eigenvalue weighted by molar-refractivity contribution is 6.42. The molecule has 1 N–H and O–H groups in total. The zero-order valence-corrected chi connectivity index (χ0v) is 17.9. The fourth-order valence-electron chi connectivity index (χ4n) is 3.83. The number of allylic oxidation sites excluding steroid dienone is 2. The van der Waals surface area contributed by atoms with Gasteiger partial charge in [0.1, 0.15) is 6.10 Å². The Morgan fingerprint density at radius 2 is 1.83 bits per heavy atom. The van der Waals surface area contributed by atoms with Gasteiger partial charge in [0.2, 0.25) is 11.6 Å². The first kappa shape index (κ1) is 22.8. The molecule has 6 heteroatoms. The summed E-state index contributed by atoms with van der Waals surface area (Å²) in [6.45, 7) is 11.4. The van der Waals surface area contributed by atoms with Crippen LogP contribution in [0.5, 0.6) is 11.5 Å². The molecule has 6 nitrogen and oxygen atoms in total. The number of ketones is 2. The molecule has 0 radical (unpaired) electrons. The van der Waals surface area contributed by atoms with Gasteiger partial charge in [-0.3, -0.25) is 9.59 Å². The average molecular weight is 402 g/mol. The highest BCUT2D eigenvalue weighted by Gasteiger charge is 2.46. The number of Topliss-reactive ketones (excluding diaryl/α,β-unsaturated/α-hetero) is 1. The number of hydrogen-bond donors (Lipinski definition) is 1. The van der Waals surface area contributed by atoms with E-state index >= 15 is 0 Å². The van der Waals surface area contributed by atoms with Crippen molar-refractivity contribution in [1.82, 2.24) is 5.06 Å². The molecule has 0 bridgehead atoms. The first-order valence-electron chi connectivity index (χ1n) is 9.70. The van der Waals surface area contributed by atoms with Crippen LogP contribution < -0.4 is 9.47 Å².